The van der Waals surface area contributed by atoms with Gasteiger partial charge in [-0.2, -0.15) is 0 Å². The Labute approximate surface area is 140 Å². The molecule has 0 aromatic carbocycles. The number of phosphoric ester groups is 1. The zero-order valence-electron chi connectivity index (χ0n) is 13.8. The first-order chi connectivity index (χ1) is 11.1. The number of hydrogen-bond donors (Lipinski definition) is 4. The van der Waals surface area contributed by atoms with Crippen LogP contribution in [0.4, 0.5) is 0 Å². The van der Waals surface area contributed by atoms with E-state index < -0.39 is 37.8 Å². The summed E-state index contributed by atoms with van der Waals surface area (Å²) in [5.74, 6) is -2.10. The van der Waals surface area contributed by atoms with E-state index in [9.17, 15) is 14.2 Å². The molecule has 0 aliphatic heterocycles. The minimum Gasteiger partial charge on any atom is -0.371 e. The number of carbonyl (C=O) groups excluding carboxylic acids is 2. The van der Waals surface area contributed by atoms with Crippen LogP contribution in [0.25, 0.3) is 0 Å². The van der Waals surface area contributed by atoms with Crippen LogP contribution >= 0.6 is 7.82 Å². The number of ether oxygens (including phenoxy) is 1. The van der Waals surface area contributed by atoms with Crippen molar-refractivity contribution in [1.29, 1.82) is 0 Å². The van der Waals surface area contributed by atoms with E-state index in [1.54, 1.807) is 0 Å². The number of amides is 1. The van der Waals surface area contributed by atoms with Crippen LogP contribution in [0.15, 0.2) is 11.6 Å². The maximum Gasteiger partial charge on any atom is 0.527 e. The monoisotopic (exact) mass is 364 g/mol. The first kappa shape index (κ1) is 20.8. The molecule has 0 aromatic heterocycles. The molecule has 0 saturated carbocycles. The fourth-order valence-corrected chi connectivity index (χ4v) is 3.03. The molecule has 0 spiro atoms. The highest BCUT2D eigenvalue weighted by molar-refractivity contribution is 7.46. The molecule has 1 aliphatic carbocycles. The zero-order valence-corrected chi connectivity index (χ0v) is 14.6. The first-order valence-corrected chi connectivity index (χ1v) is 9.29. The van der Waals surface area contributed by atoms with Crippen molar-refractivity contribution in [3.8, 4) is 0 Å². The molecule has 0 bridgehead atoms. The fraction of sp³-hybridized carbons (Fsp3) is 0.714. The summed E-state index contributed by atoms with van der Waals surface area (Å²) in [6.45, 7) is 3.87. The van der Waals surface area contributed by atoms with Crippen LogP contribution in [0, 0.1) is 5.92 Å². The van der Waals surface area contributed by atoms with E-state index in [2.05, 4.69) is 4.52 Å². The summed E-state index contributed by atoms with van der Waals surface area (Å²) in [6.07, 6.45) is 2.11. The van der Waals surface area contributed by atoms with E-state index in [0.29, 0.717) is 0 Å². The second-order valence-corrected chi connectivity index (χ2v) is 6.97. The quantitative estimate of drug-likeness (QED) is 0.448. The summed E-state index contributed by atoms with van der Waals surface area (Å²) in [4.78, 5) is 40.7. The SMILES string of the molecule is CCC(CC)O[C@@H]1C=C(C(=O)OP(=O)(O)O)C[C@H](N)[C@H]1CC(N)=O. The van der Waals surface area contributed by atoms with E-state index in [0.717, 1.165) is 12.8 Å². The van der Waals surface area contributed by atoms with Crippen molar-refractivity contribution in [2.45, 2.75) is 57.8 Å². The predicted molar refractivity (Wildman–Crippen MR) is 85.4 cm³/mol. The van der Waals surface area contributed by atoms with Gasteiger partial charge in [-0.05, 0) is 25.3 Å². The molecule has 0 saturated heterocycles. The Morgan fingerprint density at radius 1 is 1.38 bits per heavy atom. The minimum absolute atomic E-state index is 0.0106. The lowest BCUT2D eigenvalue weighted by molar-refractivity contribution is -0.132. The maximum absolute atomic E-state index is 11.9. The number of carbonyl (C=O) groups is 2. The number of nitrogens with two attached hydrogens (primary N) is 2. The molecule has 0 radical (unpaired) electrons. The normalized spacial score (nSPS) is 24.6. The molecular weight excluding hydrogens is 339 g/mol. The molecule has 0 unspecified atom stereocenters. The molecule has 0 fully saturated rings. The number of hydrogen-bond acceptors (Lipinski definition) is 6. The fourth-order valence-electron chi connectivity index (χ4n) is 2.70. The molecule has 3 atom stereocenters. The van der Waals surface area contributed by atoms with Gasteiger partial charge in [-0.25, -0.2) is 9.36 Å². The molecule has 24 heavy (non-hydrogen) atoms. The van der Waals surface area contributed by atoms with Gasteiger partial charge >= 0.3 is 13.8 Å². The lowest BCUT2D eigenvalue weighted by atomic mass is 9.81. The summed E-state index contributed by atoms with van der Waals surface area (Å²) >= 11 is 0. The standard InChI is InChI=1S/C14H25N2O7P/c1-3-9(4-2)22-12-6-8(14(18)23-24(19,20)21)5-11(15)10(12)7-13(16)17/h6,9-12H,3-5,7,15H2,1-2H3,(H2,16,17)(H2,19,20,21)/t10-,11+,12-/m1/s1. The molecule has 1 aliphatic rings. The van der Waals surface area contributed by atoms with Gasteiger partial charge in [0.2, 0.25) is 5.91 Å². The van der Waals surface area contributed by atoms with Crippen LogP contribution < -0.4 is 11.5 Å². The second-order valence-electron chi connectivity index (χ2n) is 5.80. The van der Waals surface area contributed by atoms with Crippen LogP contribution in [0.2, 0.25) is 0 Å². The summed E-state index contributed by atoms with van der Waals surface area (Å²) < 4.78 is 20.9. The van der Waals surface area contributed by atoms with E-state index >= 15 is 0 Å². The van der Waals surface area contributed by atoms with Gasteiger partial charge in [-0.15, -0.1) is 0 Å². The topological polar surface area (TPSA) is 162 Å². The zero-order chi connectivity index (χ0) is 18.5. The summed E-state index contributed by atoms with van der Waals surface area (Å²) in [7, 11) is -4.95. The highest BCUT2D eigenvalue weighted by Gasteiger charge is 2.37. The van der Waals surface area contributed by atoms with Crippen molar-refractivity contribution in [2.75, 3.05) is 0 Å². The smallest absolute Gasteiger partial charge is 0.371 e. The lowest BCUT2D eigenvalue weighted by Gasteiger charge is -2.35. The Balaban J connectivity index is 3.05. The van der Waals surface area contributed by atoms with Gasteiger partial charge in [0.25, 0.3) is 0 Å². The van der Waals surface area contributed by atoms with Gasteiger partial charge < -0.3 is 20.7 Å². The lowest BCUT2D eigenvalue weighted by Crippen LogP contribution is -2.45. The third-order valence-corrected chi connectivity index (χ3v) is 4.36. The van der Waals surface area contributed by atoms with Gasteiger partial charge in [0.1, 0.15) is 0 Å². The molecule has 9 nitrogen and oxygen atoms in total. The van der Waals surface area contributed by atoms with Crippen molar-refractivity contribution < 1.29 is 33.2 Å². The Bertz CT molecular complexity index is 541. The largest absolute Gasteiger partial charge is 0.527 e. The molecular formula is C14H25N2O7P. The molecule has 1 amide bonds. The molecule has 0 heterocycles. The highest BCUT2D eigenvalue weighted by atomic mass is 31.2. The summed E-state index contributed by atoms with van der Waals surface area (Å²) in [5, 5.41) is 0. The van der Waals surface area contributed by atoms with E-state index in [1.165, 1.54) is 6.08 Å². The number of phosphoric acid groups is 1. The van der Waals surface area contributed by atoms with Crippen molar-refractivity contribution >= 4 is 19.7 Å². The maximum atomic E-state index is 11.9. The third-order valence-electron chi connectivity index (χ3n) is 3.95. The van der Waals surface area contributed by atoms with E-state index in [-0.39, 0.29) is 24.5 Å². The second kappa shape index (κ2) is 8.73. The van der Waals surface area contributed by atoms with Crippen LogP contribution in [0.3, 0.4) is 0 Å². The van der Waals surface area contributed by atoms with Crippen LogP contribution in [-0.4, -0.2) is 39.9 Å². The molecule has 10 heteroatoms. The van der Waals surface area contributed by atoms with Gasteiger partial charge in [0, 0.05) is 24.0 Å². The Hall–Kier alpha value is -1.25. The van der Waals surface area contributed by atoms with Gasteiger partial charge in [0.15, 0.2) is 0 Å². The van der Waals surface area contributed by atoms with Crippen LogP contribution in [0.5, 0.6) is 0 Å². The average Bonchev–Trinajstić information content (AvgIpc) is 2.45. The Morgan fingerprint density at radius 2 is 1.96 bits per heavy atom. The molecule has 1 rings (SSSR count). The van der Waals surface area contributed by atoms with E-state index in [1.807, 2.05) is 13.8 Å². The van der Waals surface area contributed by atoms with Crippen molar-refractivity contribution in [3.05, 3.63) is 11.6 Å². The van der Waals surface area contributed by atoms with Crippen molar-refractivity contribution in [2.24, 2.45) is 17.4 Å². The predicted octanol–water partition coefficient (Wildman–Crippen LogP) is 0.345. The van der Waals surface area contributed by atoms with Gasteiger partial charge in [0.05, 0.1) is 12.2 Å². The first-order valence-electron chi connectivity index (χ1n) is 7.76. The molecule has 138 valence electrons. The summed E-state index contributed by atoms with van der Waals surface area (Å²) in [6, 6.07) is -0.624. The van der Waals surface area contributed by atoms with Crippen LogP contribution in [0.1, 0.15) is 39.5 Å². The Kier molecular flexibility index (Phi) is 7.56. The molecule has 6 N–H and O–H groups in total. The Morgan fingerprint density at radius 3 is 2.42 bits per heavy atom. The summed E-state index contributed by atoms with van der Waals surface area (Å²) in [5.41, 5.74) is 11.3. The third kappa shape index (κ3) is 6.33. The molecule has 0 aromatic rings. The highest BCUT2D eigenvalue weighted by Crippen LogP contribution is 2.38. The van der Waals surface area contributed by atoms with Gasteiger partial charge in [-0.1, -0.05) is 13.8 Å². The van der Waals surface area contributed by atoms with Crippen molar-refractivity contribution in [3.63, 3.8) is 0 Å². The minimum atomic E-state index is -4.95. The van der Waals surface area contributed by atoms with Gasteiger partial charge in [-0.3, -0.25) is 14.6 Å². The number of primary amides is 1. The van der Waals surface area contributed by atoms with E-state index in [4.69, 9.17) is 26.0 Å². The van der Waals surface area contributed by atoms with Crippen LogP contribution in [-0.2, 0) is 23.4 Å². The van der Waals surface area contributed by atoms with Crippen molar-refractivity contribution in [1.82, 2.24) is 0 Å². The number of rotatable bonds is 8. The average molecular weight is 364 g/mol.